The van der Waals surface area contributed by atoms with Crippen LogP contribution in [-0.4, -0.2) is 20.1 Å². The highest BCUT2D eigenvalue weighted by Gasteiger charge is 2.29. The zero-order valence-electron chi connectivity index (χ0n) is 14.9. The Kier molecular flexibility index (Phi) is 5.18. The van der Waals surface area contributed by atoms with Gasteiger partial charge in [-0.05, 0) is 43.2 Å². The van der Waals surface area contributed by atoms with Crippen LogP contribution in [0.3, 0.4) is 0 Å². The fraction of sp³-hybridized carbons (Fsp3) is 0.300. The van der Waals surface area contributed by atoms with Gasteiger partial charge >= 0.3 is 0 Å². The molecule has 6 heteroatoms. The van der Waals surface area contributed by atoms with Crippen LogP contribution in [0.2, 0.25) is 0 Å². The monoisotopic (exact) mass is 373 g/mol. The van der Waals surface area contributed by atoms with Crippen molar-refractivity contribution in [3.8, 4) is 0 Å². The van der Waals surface area contributed by atoms with Crippen LogP contribution in [0, 0.1) is 0 Å². The van der Waals surface area contributed by atoms with Crippen molar-refractivity contribution < 1.29 is 17.9 Å². The lowest BCUT2D eigenvalue weighted by Crippen LogP contribution is -2.38. The fourth-order valence-corrected chi connectivity index (χ4v) is 3.91. The van der Waals surface area contributed by atoms with E-state index in [2.05, 4.69) is 11.6 Å². The van der Waals surface area contributed by atoms with Gasteiger partial charge < -0.3 is 9.52 Å². The van der Waals surface area contributed by atoms with Crippen LogP contribution in [-0.2, 0) is 22.0 Å². The summed E-state index contributed by atoms with van der Waals surface area (Å²) in [5.74, 6) is 0.319. The number of fused-ring (bicyclic) bond motifs is 1. The van der Waals surface area contributed by atoms with Gasteiger partial charge in [-0.15, -0.1) is 0 Å². The van der Waals surface area contributed by atoms with Gasteiger partial charge in [0, 0.05) is 11.9 Å². The molecule has 2 aromatic carbocycles. The minimum Gasteiger partial charge on any atom is -0.458 e. The van der Waals surface area contributed by atoms with Crippen molar-refractivity contribution in [3.05, 3.63) is 65.9 Å². The number of aliphatic hydroxyl groups is 1. The zero-order valence-corrected chi connectivity index (χ0v) is 15.7. The van der Waals surface area contributed by atoms with Gasteiger partial charge in [0.1, 0.15) is 16.9 Å². The standard InChI is InChI=1S/C20H23NO4S/c1-3-6-15-9-11-17(12-10-15)26(23,24)21-14-20(2,22)19-13-16-7-4-5-8-18(16)25-19/h4-5,7-13,21-22H,3,6,14H2,1-2H3. The molecule has 138 valence electrons. The summed E-state index contributed by atoms with van der Waals surface area (Å²) in [6, 6.07) is 15.9. The number of nitrogens with one attached hydrogen (secondary N) is 1. The van der Waals surface area contributed by atoms with E-state index in [1.807, 2.05) is 30.3 Å². The quantitative estimate of drug-likeness (QED) is 0.663. The van der Waals surface area contributed by atoms with Crippen molar-refractivity contribution in [1.29, 1.82) is 0 Å². The largest absolute Gasteiger partial charge is 0.458 e. The first kappa shape index (κ1) is 18.6. The Morgan fingerprint density at radius 2 is 1.81 bits per heavy atom. The number of rotatable bonds is 7. The third-order valence-corrected chi connectivity index (χ3v) is 5.75. The molecule has 2 N–H and O–H groups in total. The van der Waals surface area contributed by atoms with E-state index in [0.29, 0.717) is 11.3 Å². The van der Waals surface area contributed by atoms with Crippen molar-refractivity contribution in [2.24, 2.45) is 0 Å². The van der Waals surface area contributed by atoms with Crippen molar-refractivity contribution >= 4 is 21.0 Å². The van der Waals surface area contributed by atoms with Crippen molar-refractivity contribution in [2.75, 3.05) is 6.54 Å². The molecular weight excluding hydrogens is 350 g/mol. The van der Waals surface area contributed by atoms with Crippen molar-refractivity contribution in [2.45, 2.75) is 37.2 Å². The third kappa shape index (κ3) is 3.98. The first-order valence-corrected chi connectivity index (χ1v) is 10.1. The van der Waals surface area contributed by atoms with E-state index in [-0.39, 0.29) is 11.4 Å². The van der Waals surface area contributed by atoms with E-state index in [9.17, 15) is 13.5 Å². The normalized spacial score (nSPS) is 14.4. The maximum absolute atomic E-state index is 12.5. The van der Waals surface area contributed by atoms with Gasteiger partial charge in [0.15, 0.2) is 0 Å². The Labute approximate surface area is 153 Å². The van der Waals surface area contributed by atoms with Crippen molar-refractivity contribution in [1.82, 2.24) is 4.72 Å². The van der Waals surface area contributed by atoms with Gasteiger partial charge in [-0.1, -0.05) is 43.7 Å². The molecule has 0 saturated heterocycles. The van der Waals surface area contributed by atoms with Gasteiger partial charge in [-0.25, -0.2) is 13.1 Å². The van der Waals surface area contributed by atoms with Crippen LogP contribution in [0.25, 0.3) is 11.0 Å². The number of hydrogen-bond donors (Lipinski definition) is 2. The summed E-state index contributed by atoms with van der Waals surface area (Å²) in [5.41, 5.74) is 0.284. The Balaban J connectivity index is 1.75. The Morgan fingerprint density at radius 1 is 1.12 bits per heavy atom. The maximum atomic E-state index is 12.5. The summed E-state index contributed by atoms with van der Waals surface area (Å²) < 4.78 is 33.1. The van der Waals surface area contributed by atoms with Gasteiger partial charge in [-0.2, -0.15) is 0 Å². The molecule has 0 amide bonds. The average Bonchev–Trinajstić information content (AvgIpc) is 3.06. The zero-order chi connectivity index (χ0) is 18.8. The second-order valence-corrected chi connectivity index (χ2v) is 8.41. The molecule has 0 aliphatic carbocycles. The second kappa shape index (κ2) is 7.23. The number of furan rings is 1. The molecule has 3 aromatic rings. The lowest BCUT2D eigenvalue weighted by molar-refractivity contribution is 0.0412. The molecule has 0 bridgehead atoms. The van der Waals surface area contributed by atoms with Crippen molar-refractivity contribution in [3.63, 3.8) is 0 Å². The first-order valence-electron chi connectivity index (χ1n) is 8.62. The van der Waals surface area contributed by atoms with Gasteiger partial charge in [-0.3, -0.25) is 0 Å². The molecule has 0 radical (unpaired) electrons. The van der Waals surface area contributed by atoms with Gasteiger partial charge in [0.2, 0.25) is 10.0 Å². The minimum atomic E-state index is -3.71. The van der Waals surface area contributed by atoms with E-state index in [4.69, 9.17) is 4.42 Å². The average molecular weight is 373 g/mol. The minimum absolute atomic E-state index is 0.178. The second-order valence-electron chi connectivity index (χ2n) is 6.64. The van der Waals surface area contributed by atoms with Crippen LogP contribution in [0.4, 0.5) is 0 Å². The fourth-order valence-electron chi connectivity index (χ4n) is 2.78. The molecule has 1 heterocycles. The molecule has 5 nitrogen and oxygen atoms in total. The SMILES string of the molecule is CCCc1ccc(S(=O)(=O)NCC(C)(O)c2cc3ccccc3o2)cc1. The molecule has 3 rings (SSSR count). The lowest BCUT2D eigenvalue weighted by atomic mass is 10.0. The molecule has 1 aromatic heterocycles. The molecule has 0 aliphatic rings. The number of aryl methyl sites for hydroxylation is 1. The predicted octanol–water partition coefficient (Wildman–Crippen LogP) is 3.57. The maximum Gasteiger partial charge on any atom is 0.240 e. The summed E-state index contributed by atoms with van der Waals surface area (Å²) in [4.78, 5) is 0.178. The van der Waals surface area contributed by atoms with E-state index in [1.54, 1.807) is 24.3 Å². The molecule has 0 aliphatic heterocycles. The highest BCUT2D eigenvalue weighted by Crippen LogP contribution is 2.27. The number of para-hydroxylation sites is 1. The van der Waals surface area contributed by atoms with Crippen LogP contribution in [0.15, 0.2) is 63.9 Å². The highest BCUT2D eigenvalue weighted by molar-refractivity contribution is 7.89. The van der Waals surface area contributed by atoms with Crippen LogP contribution in [0.1, 0.15) is 31.6 Å². The summed E-state index contributed by atoms with van der Waals surface area (Å²) in [6.07, 6.45) is 1.92. The topological polar surface area (TPSA) is 79.5 Å². The Bertz CT molecular complexity index is 955. The van der Waals surface area contributed by atoms with E-state index in [0.717, 1.165) is 23.8 Å². The highest BCUT2D eigenvalue weighted by atomic mass is 32.2. The summed E-state index contributed by atoms with van der Waals surface area (Å²) in [6.45, 7) is 3.41. The molecular formula is C20H23NO4S. The van der Waals surface area contributed by atoms with E-state index >= 15 is 0 Å². The Hall–Kier alpha value is -2.15. The third-order valence-electron chi connectivity index (χ3n) is 4.34. The smallest absolute Gasteiger partial charge is 0.240 e. The summed E-state index contributed by atoms with van der Waals surface area (Å²) >= 11 is 0. The number of hydrogen-bond acceptors (Lipinski definition) is 4. The predicted molar refractivity (Wildman–Crippen MR) is 101 cm³/mol. The molecule has 26 heavy (non-hydrogen) atoms. The van der Waals surface area contributed by atoms with Crippen LogP contribution >= 0.6 is 0 Å². The van der Waals surface area contributed by atoms with E-state index in [1.165, 1.54) is 6.92 Å². The van der Waals surface area contributed by atoms with E-state index < -0.39 is 15.6 Å². The van der Waals surface area contributed by atoms with Crippen LogP contribution < -0.4 is 4.72 Å². The molecule has 1 unspecified atom stereocenters. The first-order chi connectivity index (χ1) is 12.3. The molecule has 0 spiro atoms. The molecule has 0 saturated carbocycles. The summed E-state index contributed by atoms with van der Waals surface area (Å²) in [5, 5.41) is 11.5. The number of benzene rings is 2. The lowest BCUT2D eigenvalue weighted by Gasteiger charge is -2.21. The number of sulfonamides is 1. The van der Waals surface area contributed by atoms with Crippen LogP contribution in [0.5, 0.6) is 0 Å². The molecule has 0 fully saturated rings. The van der Waals surface area contributed by atoms with Gasteiger partial charge in [0.05, 0.1) is 4.90 Å². The van der Waals surface area contributed by atoms with Gasteiger partial charge in [0.25, 0.3) is 0 Å². The molecule has 1 atom stereocenters. The summed E-state index contributed by atoms with van der Waals surface area (Å²) in [7, 11) is -3.71. The Morgan fingerprint density at radius 3 is 2.46 bits per heavy atom.